The second-order valence-electron chi connectivity index (χ2n) is 4.05. The maximum atomic E-state index is 12.7. The minimum absolute atomic E-state index is 0.296. The number of hydrogen-bond acceptors (Lipinski definition) is 3. The zero-order chi connectivity index (χ0) is 12.8. The van der Waals surface area contributed by atoms with E-state index in [1.54, 1.807) is 24.5 Å². The van der Waals surface area contributed by atoms with Crippen LogP contribution < -0.4 is 5.32 Å². The SMILES string of the molecule is OC(CNCc1ccncc1)c1ccc(F)cc1. The van der Waals surface area contributed by atoms with Crippen LogP contribution in [0.1, 0.15) is 17.2 Å². The van der Waals surface area contributed by atoms with Gasteiger partial charge in [-0.2, -0.15) is 0 Å². The molecular formula is C14H15FN2O. The zero-order valence-corrected chi connectivity index (χ0v) is 9.88. The number of nitrogens with one attached hydrogen (secondary N) is 1. The van der Waals surface area contributed by atoms with E-state index in [-0.39, 0.29) is 5.82 Å². The molecular weight excluding hydrogens is 231 g/mol. The van der Waals surface area contributed by atoms with Crippen molar-refractivity contribution >= 4 is 0 Å². The third kappa shape index (κ3) is 3.61. The fraction of sp³-hybridized carbons (Fsp3) is 0.214. The molecule has 0 spiro atoms. The minimum atomic E-state index is -0.632. The summed E-state index contributed by atoms with van der Waals surface area (Å²) in [5.41, 5.74) is 1.81. The van der Waals surface area contributed by atoms with Crippen LogP contribution >= 0.6 is 0 Å². The quantitative estimate of drug-likeness (QED) is 0.848. The predicted molar refractivity (Wildman–Crippen MR) is 67.3 cm³/mol. The largest absolute Gasteiger partial charge is 0.387 e. The molecule has 0 saturated carbocycles. The number of pyridine rings is 1. The van der Waals surface area contributed by atoms with Gasteiger partial charge >= 0.3 is 0 Å². The first-order valence-corrected chi connectivity index (χ1v) is 5.79. The van der Waals surface area contributed by atoms with Gasteiger partial charge in [-0.1, -0.05) is 12.1 Å². The lowest BCUT2D eigenvalue weighted by molar-refractivity contribution is 0.174. The van der Waals surface area contributed by atoms with Crippen molar-refractivity contribution in [3.8, 4) is 0 Å². The summed E-state index contributed by atoms with van der Waals surface area (Å²) in [7, 11) is 0. The van der Waals surface area contributed by atoms with Gasteiger partial charge in [-0.15, -0.1) is 0 Å². The summed E-state index contributed by atoms with van der Waals surface area (Å²) in [5.74, 6) is -0.296. The van der Waals surface area contributed by atoms with Crippen molar-refractivity contribution in [1.82, 2.24) is 10.3 Å². The number of hydrogen-bond donors (Lipinski definition) is 2. The van der Waals surface area contributed by atoms with Crippen LogP contribution in [0, 0.1) is 5.82 Å². The Labute approximate surface area is 105 Å². The lowest BCUT2D eigenvalue weighted by Gasteiger charge is -2.12. The summed E-state index contributed by atoms with van der Waals surface area (Å²) in [6.07, 6.45) is 2.83. The highest BCUT2D eigenvalue weighted by Gasteiger charge is 2.06. The highest BCUT2D eigenvalue weighted by atomic mass is 19.1. The van der Waals surface area contributed by atoms with E-state index in [0.29, 0.717) is 18.7 Å². The van der Waals surface area contributed by atoms with E-state index in [9.17, 15) is 9.50 Å². The number of benzene rings is 1. The molecule has 0 fully saturated rings. The number of aliphatic hydroxyl groups is 1. The van der Waals surface area contributed by atoms with Crippen molar-refractivity contribution in [2.45, 2.75) is 12.6 Å². The molecule has 1 aromatic carbocycles. The Morgan fingerprint density at radius 3 is 2.44 bits per heavy atom. The van der Waals surface area contributed by atoms with Gasteiger partial charge in [-0.3, -0.25) is 4.98 Å². The molecule has 4 heteroatoms. The Bertz CT molecular complexity index is 473. The van der Waals surface area contributed by atoms with Crippen LogP contribution in [0.25, 0.3) is 0 Å². The second-order valence-corrected chi connectivity index (χ2v) is 4.05. The monoisotopic (exact) mass is 246 g/mol. The number of aromatic nitrogens is 1. The molecule has 2 aromatic rings. The Hall–Kier alpha value is -1.78. The molecule has 0 aliphatic heterocycles. The van der Waals surface area contributed by atoms with Crippen molar-refractivity contribution in [1.29, 1.82) is 0 Å². The first kappa shape index (κ1) is 12.7. The van der Waals surface area contributed by atoms with E-state index in [4.69, 9.17) is 0 Å². The maximum Gasteiger partial charge on any atom is 0.123 e. The molecule has 0 radical (unpaired) electrons. The van der Waals surface area contributed by atoms with Gasteiger partial charge in [0, 0.05) is 25.5 Å². The van der Waals surface area contributed by atoms with Crippen LogP contribution in [0.5, 0.6) is 0 Å². The highest BCUT2D eigenvalue weighted by Crippen LogP contribution is 2.12. The first-order valence-electron chi connectivity index (χ1n) is 5.79. The second kappa shape index (κ2) is 6.23. The molecule has 1 unspecified atom stereocenters. The standard InChI is InChI=1S/C14H15FN2O/c15-13-3-1-12(2-4-13)14(18)10-17-9-11-5-7-16-8-6-11/h1-8,14,17-18H,9-10H2. The normalized spacial score (nSPS) is 12.3. The van der Waals surface area contributed by atoms with E-state index < -0.39 is 6.10 Å². The summed E-state index contributed by atoms with van der Waals surface area (Å²) in [6, 6.07) is 9.71. The number of rotatable bonds is 5. The van der Waals surface area contributed by atoms with Gasteiger partial charge in [0.1, 0.15) is 5.82 Å². The third-order valence-corrected chi connectivity index (χ3v) is 2.67. The molecule has 1 atom stereocenters. The molecule has 2 N–H and O–H groups in total. The van der Waals surface area contributed by atoms with E-state index in [0.717, 1.165) is 5.56 Å². The Morgan fingerprint density at radius 1 is 1.11 bits per heavy atom. The van der Waals surface area contributed by atoms with Crippen molar-refractivity contribution < 1.29 is 9.50 Å². The van der Waals surface area contributed by atoms with E-state index in [1.807, 2.05) is 12.1 Å². The van der Waals surface area contributed by atoms with E-state index in [2.05, 4.69) is 10.3 Å². The Morgan fingerprint density at radius 2 is 1.78 bits per heavy atom. The summed E-state index contributed by atoms with van der Waals surface area (Å²) >= 11 is 0. The molecule has 0 aliphatic carbocycles. The van der Waals surface area contributed by atoms with Crippen molar-refractivity contribution in [2.24, 2.45) is 0 Å². The molecule has 0 bridgehead atoms. The summed E-state index contributed by atoms with van der Waals surface area (Å²) in [5, 5.41) is 13.0. The molecule has 2 rings (SSSR count). The van der Waals surface area contributed by atoms with Gasteiger partial charge in [-0.25, -0.2) is 4.39 Å². The third-order valence-electron chi connectivity index (χ3n) is 2.67. The van der Waals surface area contributed by atoms with Gasteiger partial charge in [-0.05, 0) is 35.4 Å². The Balaban J connectivity index is 1.81. The first-order chi connectivity index (χ1) is 8.75. The highest BCUT2D eigenvalue weighted by molar-refractivity contribution is 5.18. The smallest absolute Gasteiger partial charge is 0.123 e. The van der Waals surface area contributed by atoms with Gasteiger partial charge in [0.05, 0.1) is 6.10 Å². The van der Waals surface area contributed by atoms with Crippen LogP contribution in [0.2, 0.25) is 0 Å². The minimum Gasteiger partial charge on any atom is -0.387 e. The molecule has 1 aromatic heterocycles. The van der Waals surface area contributed by atoms with Crippen molar-refractivity contribution in [3.63, 3.8) is 0 Å². The summed E-state index contributed by atoms with van der Waals surface area (Å²) in [4.78, 5) is 3.93. The van der Waals surface area contributed by atoms with Gasteiger partial charge in [0.15, 0.2) is 0 Å². The van der Waals surface area contributed by atoms with E-state index >= 15 is 0 Å². The average molecular weight is 246 g/mol. The fourth-order valence-corrected chi connectivity index (χ4v) is 1.66. The van der Waals surface area contributed by atoms with Gasteiger partial charge < -0.3 is 10.4 Å². The fourth-order valence-electron chi connectivity index (χ4n) is 1.66. The Kier molecular flexibility index (Phi) is 4.39. The van der Waals surface area contributed by atoms with Crippen LogP contribution in [0.4, 0.5) is 4.39 Å². The summed E-state index contributed by atoms with van der Waals surface area (Å²) in [6.45, 7) is 1.09. The summed E-state index contributed by atoms with van der Waals surface area (Å²) < 4.78 is 12.7. The van der Waals surface area contributed by atoms with Crippen LogP contribution in [-0.4, -0.2) is 16.6 Å². The van der Waals surface area contributed by atoms with Crippen LogP contribution in [-0.2, 0) is 6.54 Å². The van der Waals surface area contributed by atoms with Crippen molar-refractivity contribution in [2.75, 3.05) is 6.54 Å². The predicted octanol–water partition coefficient (Wildman–Crippen LogP) is 2.04. The maximum absolute atomic E-state index is 12.7. The molecule has 3 nitrogen and oxygen atoms in total. The molecule has 1 heterocycles. The van der Waals surface area contributed by atoms with Gasteiger partial charge in [0.2, 0.25) is 0 Å². The van der Waals surface area contributed by atoms with E-state index in [1.165, 1.54) is 12.1 Å². The molecule has 0 saturated heterocycles. The lowest BCUT2D eigenvalue weighted by atomic mass is 10.1. The number of nitrogens with zero attached hydrogens (tertiary/aromatic N) is 1. The van der Waals surface area contributed by atoms with Crippen molar-refractivity contribution in [3.05, 3.63) is 65.7 Å². The molecule has 0 aliphatic rings. The average Bonchev–Trinajstić information content (AvgIpc) is 2.40. The molecule has 94 valence electrons. The lowest BCUT2D eigenvalue weighted by Crippen LogP contribution is -2.21. The number of halogens is 1. The van der Waals surface area contributed by atoms with Crippen LogP contribution in [0.3, 0.4) is 0 Å². The zero-order valence-electron chi connectivity index (χ0n) is 9.88. The number of aliphatic hydroxyl groups excluding tert-OH is 1. The van der Waals surface area contributed by atoms with Gasteiger partial charge in [0.25, 0.3) is 0 Å². The molecule has 0 amide bonds. The molecule has 18 heavy (non-hydrogen) atoms. The topological polar surface area (TPSA) is 45.1 Å². The van der Waals surface area contributed by atoms with Crippen LogP contribution in [0.15, 0.2) is 48.8 Å².